The van der Waals surface area contributed by atoms with Gasteiger partial charge in [-0.2, -0.15) is 0 Å². The third-order valence-corrected chi connectivity index (χ3v) is 2.66. The molecule has 1 heterocycles. The molecule has 1 aliphatic rings. The molecule has 2 rings (SSSR count). The highest BCUT2D eigenvalue weighted by Crippen LogP contribution is 2.13. The topological polar surface area (TPSA) is 55.6 Å². The normalized spacial score (nSPS) is 16.2. The molecule has 0 aromatic heterocycles. The van der Waals surface area contributed by atoms with Crippen molar-refractivity contribution in [2.75, 3.05) is 26.3 Å². The molecule has 0 unspecified atom stereocenters. The fraction of sp³-hybridized carbons (Fsp3) is 0.455. The van der Waals surface area contributed by atoms with Gasteiger partial charge in [-0.3, -0.25) is 15.0 Å². The molecule has 0 N–H and O–H groups in total. The Morgan fingerprint density at radius 2 is 1.82 bits per heavy atom. The van der Waals surface area contributed by atoms with E-state index in [2.05, 4.69) is 4.90 Å². The summed E-state index contributed by atoms with van der Waals surface area (Å²) in [6, 6.07) is 6.73. The van der Waals surface area contributed by atoms with Crippen LogP contribution in [0.4, 0.5) is 5.69 Å². The van der Waals surface area contributed by atoms with E-state index in [-0.39, 0.29) is 23.0 Å². The first kappa shape index (κ1) is 13.9. The summed E-state index contributed by atoms with van der Waals surface area (Å²) in [6.45, 7) is 4.23. The van der Waals surface area contributed by atoms with Gasteiger partial charge < -0.3 is 4.74 Å². The van der Waals surface area contributed by atoms with Crippen LogP contribution in [0.3, 0.4) is 0 Å². The van der Waals surface area contributed by atoms with Crippen LogP contribution in [0.5, 0.6) is 0 Å². The van der Waals surface area contributed by atoms with Crippen LogP contribution in [0.2, 0.25) is 0 Å². The van der Waals surface area contributed by atoms with Gasteiger partial charge in [0.1, 0.15) is 0 Å². The van der Waals surface area contributed by atoms with E-state index in [4.69, 9.17) is 4.74 Å². The van der Waals surface area contributed by atoms with Gasteiger partial charge in [-0.05, 0) is 5.56 Å². The molecule has 0 spiro atoms. The summed E-state index contributed by atoms with van der Waals surface area (Å²) >= 11 is 0. The maximum absolute atomic E-state index is 10.5. The van der Waals surface area contributed by atoms with Crippen LogP contribution in [0.25, 0.3) is 0 Å². The van der Waals surface area contributed by atoms with Crippen molar-refractivity contribution in [2.24, 2.45) is 0 Å². The van der Waals surface area contributed by atoms with Crippen molar-refractivity contribution < 1.29 is 9.66 Å². The van der Waals surface area contributed by atoms with Crippen LogP contribution >= 0.6 is 12.4 Å². The lowest BCUT2D eigenvalue weighted by Gasteiger charge is -2.26. The van der Waals surface area contributed by atoms with Crippen LogP contribution in [0.15, 0.2) is 24.3 Å². The Balaban J connectivity index is 0.00000144. The van der Waals surface area contributed by atoms with E-state index < -0.39 is 0 Å². The molecular weight excluding hydrogens is 244 g/mol. The maximum atomic E-state index is 10.5. The number of ether oxygens (including phenoxy) is 1. The van der Waals surface area contributed by atoms with E-state index in [0.29, 0.717) is 0 Å². The molecule has 17 heavy (non-hydrogen) atoms. The van der Waals surface area contributed by atoms with Gasteiger partial charge in [-0.1, -0.05) is 12.1 Å². The summed E-state index contributed by atoms with van der Waals surface area (Å²) in [6.07, 6.45) is 0. The molecule has 0 aliphatic carbocycles. The molecule has 6 heteroatoms. The molecule has 0 atom stereocenters. The Morgan fingerprint density at radius 3 is 2.35 bits per heavy atom. The summed E-state index contributed by atoms with van der Waals surface area (Å²) in [7, 11) is 0. The zero-order valence-electron chi connectivity index (χ0n) is 9.37. The minimum absolute atomic E-state index is 0. The number of halogens is 1. The monoisotopic (exact) mass is 258 g/mol. The number of nitrogens with zero attached hydrogens (tertiary/aromatic N) is 2. The van der Waals surface area contributed by atoms with Gasteiger partial charge in [-0.15, -0.1) is 12.4 Å². The van der Waals surface area contributed by atoms with Crippen molar-refractivity contribution in [1.82, 2.24) is 4.90 Å². The Labute approximate surface area is 106 Å². The molecule has 94 valence electrons. The number of nitro groups is 1. The van der Waals surface area contributed by atoms with Gasteiger partial charge in [0.05, 0.1) is 18.1 Å². The van der Waals surface area contributed by atoms with E-state index in [1.165, 1.54) is 0 Å². The second-order valence-corrected chi connectivity index (χ2v) is 3.81. The lowest BCUT2D eigenvalue weighted by atomic mass is 10.2. The quantitative estimate of drug-likeness (QED) is 0.613. The number of benzene rings is 1. The molecule has 0 radical (unpaired) electrons. The summed E-state index contributed by atoms with van der Waals surface area (Å²) in [5.41, 5.74) is 1.25. The van der Waals surface area contributed by atoms with Crippen LogP contribution in [-0.4, -0.2) is 36.1 Å². The van der Waals surface area contributed by atoms with Crippen molar-refractivity contribution >= 4 is 18.1 Å². The third kappa shape index (κ3) is 3.96. The number of morpholine rings is 1. The molecule has 0 saturated carbocycles. The first-order valence-electron chi connectivity index (χ1n) is 5.29. The Bertz CT molecular complexity index is 363. The van der Waals surface area contributed by atoms with Crippen molar-refractivity contribution in [3.05, 3.63) is 39.9 Å². The van der Waals surface area contributed by atoms with Crippen LogP contribution in [0, 0.1) is 10.1 Å². The van der Waals surface area contributed by atoms with Crippen LogP contribution in [0.1, 0.15) is 5.56 Å². The molecule has 1 aromatic carbocycles. The Morgan fingerprint density at radius 1 is 1.24 bits per heavy atom. The van der Waals surface area contributed by atoms with Crippen LogP contribution < -0.4 is 0 Å². The molecule has 0 bridgehead atoms. The predicted molar refractivity (Wildman–Crippen MR) is 66.4 cm³/mol. The van der Waals surface area contributed by atoms with Crippen molar-refractivity contribution in [2.45, 2.75) is 6.54 Å². The summed E-state index contributed by atoms with van der Waals surface area (Å²) in [5.74, 6) is 0. The van der Waals surface area contributed by atoms with Crippen LogP contribution in [-0.2, 0) is 11.3 Å². The first-order valence-corrected chi connectivity index (χ1v) is 5.29. The van der Waals surface area contributed by atoms with Gasteiger partial charge in [0.2, 0.25) is 0 Å². The van der Waals surface area contributed by atoms with Gasteiger partial charge in [-0.25, -0.2) is 0 Å². The number of non-ortho nitro benzene ring substituents is 1. The van der Waals surface area contributed by atoms with E-state index in [9.17, 15) is 10.1 Å². The SMILES string of the molecule is Cl.O=[N+]([O-])c1ccc(CN2CCOCC2)cc1. The third-order valence-electron chi connectivity index (χ3n) is 2.66. The average molecular weight is 259 g/mol. The number of hydrogen-bond donors (Lipinski definition) is 0. The minimum Gasteiger partial charge on any atom is -0.379 e. The second kappa shape index (κ2) is 6.54. The van der Waals surface area contributed by atoms with E-state index in [0.717, 1.165) is 38.4 Å². The van der Waals surface area contributed by atoms with Crippen molar-refractivity contribution in [3.8, 4) is 0 Å². The summed E-state index contributed by atoms with van der Waals surface area (Å²) in [5, 5.41) is 10.5. The second-order valence-electron chi connectivity index (χ2n) is 3.81. The smallest absolute Gasteiger partial charge is 0.269 e. The standard InChI is InChI=1S/C11H14N2O3.ClH/c14-13(15)11-3-1-10(2-4-11)9-12-5-7-16-8-6-12;/h1-4H,5-9H2;1H. The lowest BCUT2D eigenvalue weighted by Crippen LogP contribution is -2.35. The zero-order chi connectivity index (χ0) is 11.4. The molecule has 5 nitrogen and oxygen atoms in total. The van der Waals surface area contributed by atoms with Gasteiger partial charge in [0.25, 0.3) is 5.69 Å². The molecule has 1 aliphatic heterocycles. The highest BCUT2D eigenvalue weighted by molar-refractivity contribution is 5.85. The summed E-state index contributed by atoms with van der Waals surface area (Å²) < 4.78 is 5.26. The van der Waals surface area contributed by atoms with Gasteiger partial charge in [0, 0.05) is 31.8 Å². The molecule has 0 amide bonds. The number of hydrogen-bond acceptors (Lipinski definition) is 4. The molecule has 1 fully saturated rings. The highest BCUT2D eigenvalue weighted by Gasteiger charge is 2.11. The Hall–Kier alpha value is -1.17. The zero-order valence-corrected chi connectivity index (χ0v) is 10.2. The van der Waals surface area contributed by atoms with E-state index in [1.807, 2.05) is 12.1 Å². The fourth-order valence-electron chi connectivity index (χ4n) is 1.74. The van der Waals surface area contributed by atoms with Crippen molar-refractivity contribution in [3.63, 3.8) is 0 Å². The molecule has 1 saturated heterocycles. The Kier molecular flexibility index (Phi) is 5.34. The largest absolute Gasteiger partial charge is 0.379 e. The summed E-state index contributed by atoms with van der Waals surface area (Å²) in [4.78, 5) is 12.4. The maximum Gasteiger partial charge on any atom is 0.269 e. The number of rotatable bonds is 3. The van der Waals surface area contributed by atoms with Gasteiger partial charge in [0.15, 0.2) is 0 Å². The molecule has 1 aromatic rings. The lowest BCUT2D eigenvalue weighted by molar-refractivity contribution is -0.384. The minimum atomic E-state index is -0.376. The number of nitro benzene ring substituents is 1. The van der Waals surface area contributed by atoms with Gasteiger partial charge >= 0.3 is 0 Å². The fourth-order valence-corrected chi connectivity index (χ4v) is 1.74. The molecular formula is C11H15ClN2O3. The van der Waals surface area contributed by atoms with E-state index in [1.54, 1.807) is 12.1 Å². The average Bonchev–Trinajstić information content (AvgIpc) is 2.31. The predicted octanol–water partition coefficient (Wildman–Crippen LogP) is 1.85. The van der Waals surface area contributed by atoms with E-state index >= 15 is 0 Å². The van der Waals surface area contributed by atoms with Crippen molar-refractivity contribution in [1.29, 1.82) is 0 Å². The highest BCUT2D eigenvalue weighted by atomic mass is 35.5. The first-order chi connectivity index (χ1) is 7.75.